The van der Waals surface area contributed by atoms with Gasteiger partial charge in [-0.15, -0.1) is 0 Å². The van der Waals surface area contributed by atoms with E-state index in [4.69, 9.17) is 4.42 Å². The minimum absolute atomic E-state index is 0.00193. The molecule has 0 aliphatic carbocycles. The highest BCUT2D eigenvalue weighted by Gasteiger charge is 2.23. The first-order valence-corrected chi connectivity index (χ1v) is 5.85. The molecule has 0 fully saturated rings. The van der Waals surface area contributed by atoms with E-state index in [-0.39, 0.29) is 28.2 Å². The van der Waals surface area contributed by atoms with Gasteiger partial charge in [0.05, 0.1) is 0 Å². The highest BCUT2D eigenvalue weighted by Crippen LogP contribution is 2.41. The van der Waals surface area contributed by atoms with E-state index >= 15 is 0 Å². The van der Waals surface area contributed by atoms with Gasteiger partial charge in [0, 0.05) is 17.7 Å². The van der Waals surface area contributed by atoms with Crippen molar-refractivity contribution >= 4 is 16.8 Å². The van der Waals surface area contributed by atoms with Crippen LogP contribution in [0.2, 0.25) is 0 Å². The molecule has 0 saturated heterocycles. The van der Waals surface area contributed by atoms with Crippen molar-refractivity contribution in [2.45, 2.75) is 0 Å². The first kappa shape index (κ1) is 12.1. The summed E-state index contributed by atoms with van der Waals surface area (Å²) in [4.78, 5) is 12.2. The van der Waals surface area contributed by atoms with Gasteiger partial charge in [-0.25, -0.2) is 0 Å². The van der Waals surface area contributed by atoms with Crippen molar-refractivity contribution in [2.24, 2.45) is 0 Å². The predicted octanol–water partition coefficient (Wildman–Crippen LogP) is 2.78. The topological polar surface area (TPSA) is 90.9 Å². The van der Waals surface area contributed by atoms with Crippen molar-refractivity contribution in [3.63, 3.8) is 0 Å². The van der Waals surface area contributed by atoms with Crippen LogP contribution in [-0.4, -0.2) is 21.1 Å². The molecular formula is C15H10O5. The number of benzene rings is 2. The molecule has 0 spiro atoms. The Balaban J connectivity index is 2.21. The third kappa shape index (κ3) is 1.76. The summed E-state index contributed by atoms with van der Waals surface area (Å²) >= 11 is 0. The molecule has 3 rings (SSSR count). The van der Waals surface area contributed by atoms with E-state index in [0.717, 1.165) is 6.07 Å². The van der Waals surface area contributed by atoms with Gasteiger partial charge in [0.15, 0.2) is 5.75 Å². The lowest BCUT2D eigenvalue weighted by Crippen LogP contribution is -1.99. The summed E-state index contributed by atoms with van der Waals surface area (Å²) in [5, 5.41) is 29.1. The molecule has 0 aliphatic heterocycles. The zero-order valence-corrected chi connectivity index (χ0v) is 10.2. The summed E-state index contributed by atoms with van der Waals surface area (Å²) < 4.78 is 5.26. The number of aromatic hydroxyl groups is 3. The third-order valence-corrected chi connectivity index (χ3v) is 2.97. The Bertz CT molecular complexity index is 802. The molecule has 0 saturated carbocycles. The highest BCUT2D eigenvalue weighted by molar-refractivity contribution is 6.12. The minimum atomic E-state index is -0.502. The Morgan fingerprint density at radius 2 is 1.70 bits per heavy atom. The Labute approximate surface area is 113 Å². The van der Waals surface area contributed by atoms with Crippen LogP contribution < -0.4 is 0 Å². The summed E-state index contributed by atoms with van der Waals surface area (Å²) in [6.07, 6.45) is 0. The maximum absolute atomic E-state index is 12.2. The van der Waals surface area contributed by atoms with Crippen LogP contribution >= 0.6 is 0 Å². The van der Waals surface area contributed by atoms with E-state index in [2.05, 4.69) is 0 Å². The lowest BCUT2D eigenvalue weighted by molar-refractivity contribution is 0.101. The quantitative estimate of drug-likeness (QED) is 0.623. The lowest BCUT2D eigenvalue weighted by Gasteiger charge is -1.97. The number of furan rings is 1. The van der Waals surface area contributed by atoms with E-state index < -0.39 is 11.5 Å². The van der Waals surface area contributed by atoms with Crippen molar-refractivity contribution < 1.29 is 24.5 Å². The first-order valence-electron chi connectivity index (χ1n) is 5.85. The fraction of sp³-hybridized carbons (Fsp3) is 0. The van der Waals surface area contributed by atoms with Crippen LogP contribution in [0.25, 0.3) is 11.0 Å². The molecule has 0 radical (unpaired) electrons. The number of ketones is 1. The van der Waals surface area contributed by atoms with Gasteiger partial charge in [-0.05, 0) is 0 Å². The second-order valence-electron chi connectivity index (χ2n) is 4.31. The van der Waals surface area contributed by atoms with Gasteiger partial charge in [-0.2, -0.15) is 0 Å². The molecule has 100 valence electrons. The van der Waals surface area contributed by atoms with Crippen LogP contribution in [-0.2, 0) is 0 Å². The highest BCUT2D eigenvalue weighted by atomic mass is 16.4. The number of hydrogen-bond donors (Lipinski definition) is 3. The number of fused-ring (bicyclic) bond motifs is 1. The Kier molecular flexibility index (Phi) is 2.61. The molecule has 2 aromatic carbocycles. The molecule has 1 heterocycles. The average molecular weight is 270 g/mol. The van der Waals surface area contributed by atoms with E-state index in [1.165, 1.54) is 6.07 Å². The van der Waals surface area contributed by atoms with Crippen LogP contribution in [0, 0.1) is 0 Å². The maximum Gasteiger partial charge on any atom is 0.232 e. The maximum atomic E-state index is 12.2. The molecule has 0 bridgehead atoms. The fourth-order valence-corrected chi connectivity index (χ4v) is 2.05. The van der Waals surface area contributed by atoms with Crippen LogP contribution in [0.15, 0.2) is 46.9 Å². The van der Waals surface area contributed by atoms with Crippen molar-refractivity contribution in [3.8, 4) is 17.2 Å². The van der Waals surface area contributed by atoms with Crippen LogP contribution in [0.5, 0.6) is 17.2 Å². The van der Waals surface area contributed by atoms with Gasteiger partial charge in [0.1, 0.15) is 22.5 Å². The number of carbonyl (C=O) groups excluding carboxylic acids is 1. The van der Waals surface area contributed by atoms with Crippen LogP contribution in [0.1, 0.15) is 16.1 Å². The third-order valence-electron chi connectivity index (χ3n) is 2.97. The van der Waals surface area contributed by atoms with E-state index in [1.807, 2.05) is 0 Å². The molecule has 0 unspecified atom stereocenters. The predicted molar refractivity (Wildman–Crippen MR) is 71.1 cm³/mol. The summed E-state index contributed by atoms with van der Waals surface area (Å²) in [5.74, 6) is -1.78. The normalized spacial score (nSPS) is 10.8. The molecule has 0 amide bonds. The van der Waals surface area contributed by atoms with Gasteiger partial charge in [-0.3, -0.25) is 4.79 Å². The standard InChI is InChI=1S/C15H10O5/c16-9-6-10(17)12-11(7-9)20-15(14(12)19)13(18)8-4-2-1-3-5-8/h1-7,16-17,19H. The molecule has 0 aliphatic rings. The SMILES string of the molecule is O=C(c1ccccc1)c1oc2cc(O)cc(O)c2c1O. The number of phenols is 2. The van der Waals surface area contributed by atoms with Crippen LogP contribution in [0.3, 0.4) is 0 Å². The van der Waals surface area contributed by atoms with Crippen LogP contribution in [0.4, 0.5) is 0 Å². The van der Waals surface area contributed by atoms with Crippen molar-refractivity contribution in [2.75, 3.05) is 0 Å². The van der Waals surface area contributed by atoms with Gasteiger partial charge in [-0.1, -0.05) is 30.3 Å². The van der Waals surface area contributed by atoms with Crippen molar-refractivity contribution in [1.82, 2.24) is 0 Å². The van der Waals surface area contributed by atoms with Gasteiger partial charge >= 0.3 is 0 Å². The summed E-state index contributed by atoms with van der Waals surface area (Å²) in [7, 11) is 0. The minimum Gasteiger partial charge on any atom is -0.508 e. The van der Waals surface area contributed by atoms with E-state index in [9.17, 15) is 20.1 Å². The largest absolute Gasteiger partial charge is 0.508 e. The molecule has 5 nitrogen and oxygen atoms in total. The summed E-state index contributed by atoms with van der Waals surface area (Å²) in [6, 6.07) is 10.6. The number of hydrogen-bond acceptors (Lipinski definition) is 5. The Morgan fingerprint density at radius 3 is 2.40 bits per heavy atom. The second-order valence-corrected chi connectivity index (χ2v) is 4.31. The Hall–Kier alpha value is -2.95. The van der Waals surface area contributed by atoms with Gasteiger partial charge in [0.2, 0.25) is 11.5 Å². The van der Waals surface area contributed by atoms with E-state index in [0.29, 0.717) is 5.56 Å². The van der Waals surface area contributed by atoms with Gasteiger partial charge in [0.25, 0.3) is 0 Å². The molecular weight excluding hydrogens is 260 g/mol. The smallest absolute Gasteiger partial charge is 0.232 e. The molecule has 3 N–H and O–H groups in total. The Morgan fingerprint density at radius 1 is 1.00 bits per heavy atom. The lowest BCUT2D eigenvalue weighted by atomic mass is 10.1. The molecule has 20 heavy (non-hydrogen) atoms. The number of carbonyl (C=O) groups is 1. The molecule has 3 aromatic rings. The monoisotopic (exact) mass is 270 g/mol. The summed E-state index contributed by atoms with van der Waals surface area (Å²) in [5.41, 5.74) is 0.393. The molecule has 0 atom stereocenters. The number of rotatable bonds is 2. The average Bonchev–Trinajstić information content (AvgIpc) is 2.76. The zero-order chi connectivity index (χ0) is 14.3. The van der Waals surface area contributed by atoms with Crippen molar-refractivity contribution in [1.29, 1.82) is 0 Å². The van der Waals surface area contributed by atoms with Crippen molar-refractivity contribution in [3.05, 3.63) is 53.8 Å². The van der Waals surface area contributed by atoms with Gasteiger partial charge < -0.3 is 19.7 Å². The van der Waals surface area contributed by atoms with E-state index in [1.54, 1.807) is 30.3 Å². The second kappa shape index (κ2) is 4.31. The zero-order valence-electron chi connectivity index (χ0n) is 10.2. The summed E-state index contributed by atoms with van der Waals surface area (Å²) in [6.45, 7) is 0. The fourth-order valence-electron chi connectivity index (χ4n) is 2.05. The first-order chi connectivity index (χ1) is 9.58. The molecule has 5 heteroatoms. The molecule has 1 aromatic heterocycles. The number of phenolic OH excluding ortho intramolecular Hbond substituents is 2.